The summed E-state index contributed by atoms with van der Waals surface area (Å²) < 4.78 is 5.41. The van der Waals surface area contributed by atoms with E-state index < -0.39 is 0 Å². The number of rotatable bonds is 2. The predicted octanol–water partition coefficient (Wildman–Crippen LogP) is 0.476. The number of esters is 1. The van der Waals surface area contributed by atoms with Crippen molar-refractivity contribution in [3.63, 3.8) is 0 Å². The van der Waals surface area contributed by atoms with Crippen LogP contribution in [0.2, 0.25) is 0 Å². The van der Waals surface area contributed by atoms with Crippen molar-refractivity contribution >= 4 is 38.8 Å². The van der Waals surface area contributed by atoms with Gasteiger partial charge >= 0.3 is 5.97 Å². The molecule has 0 bridgehead atoms. The van der Waals surface area contributed by atoms with E-state index in [1.54, 1.807) is 18.2 Å². The van der Waals surface area contributed by atoms with Crippen LogP contribution in [0.25, 0.3) is 0 Å². The Balaban J connectivity index is 3.01. The second kappa shape index (κ2) is 4.61. The van der Waals surface area contributed by atoms with Crippen molar-refractivity contribution in [1.82, 2.24) is 0 Å². The second-order valence-corrected chi connectivity index (χ2v) is 4.02. The lowest BCUT2D eigenvalue weighted by Crippen LogP contribution is -2.07. The number of hydrogen-bond donors (Lipinski definition) is 1. The molecule has 13 heavy (non-hydrogen) atoms. The van der Waals surface area contributed by atoms with Crippen molar-refractivity contribution in [3.8, 4) is 5.75 Å². The fourth-order valence-corrected chi connectivity index (χ4v) is 1.73. The molecule has 1 aromatic rings. The summed E-state index contributed by atoms with van der Waals surface area (Å²) in [5, 5.41) is 9.31. The Labute approximate surface area is 92.7 Å². The molecule has 0 fully saturated rings. The van der Waals surface area contributed by atoms with E-state index in [0.29, 0.717) is 15.4 Å². The van der Waals surface area contributed by atoms with Gasteiger partial charge in [-0.15, -0.1) is 0 Å². The number of aromatic hydroxyl groups is 1. The minimum absolute atomic E-state index is 0.114. The molecule has 0 radical (unpaired) electrons. The molecule has 3 nitrogen and oxygen atoms in total. The number of benzene rings is 1. The highest BCUT2D eigenvalue weighted by Crippen LogP contribution is 2.23. The van der Waals surface area contributed by atoms with Gasteiger partial charge in [-0.05, 0) is 34.7 Å². The summed E-state index contributed by atoms with van der Waals surface area (Å²) in [6, 6.07) is 4.81. The third-order valence-electron chi connectivity index (χ3n) is 1.47. The molecule has 1 N–H and O–H groups in total. The van der Waals surface area contributed by atoms with Gasteiger partial charge in [0.05, 0.1) is 25.6 Å². The molecular formula is C8H9IO3Si. The van der Waals surface area contributed by atoms with Gasteiger partial charge < -0.3 is 9.84 Å². The molecule has 5 heteroatoms. The zero-order chi connectivity index (χ0) is 9.84. The minimum Gasteiger partial charge on any atom is -0.507 e. The number of phenolic OH excluding ortho intramolecular Hbond substituents is 1. The lowest BCUT2D eigenvalue weighted by Gasteiger charge is -2.04. The van der Waals surface area contributed by atoms with Crippen molar-refractivity contribution < 1.29 is 14.6 Å². The van der Waals surface area contributed by atoms with Crippen LogP contribution in [0.15, 0.2) is 18.2 Å². The summed E-state index contributed by atoms with van der Waals surface area (Å²) in [6.07, 6.45) is 0.477. The van der Waals surface area contributed by atoms with E-state index in [2.05, 4.69) is 0 Å². The van der Waals surface area contributed by atoms with Crippen molar-refractivity contribution in [1.29, 1.82) is 0 Å². The molecule has 0 saturated carbocycles. The average Bonchev–Trinajstić information content (AvgIpc) is 2.10. The highest BCUT2D eigenvalue weighted by Gasteiger charge is 2.12. The maximum atomic E-state index is 11.3. The zero-order valence-corrected chi connectivity index (χ0v) is 11.2. The van der Waals surface area contributed by atoms with Crippen molar-refractivity contribution in [2.24, 2.45) is 0 Å². The highest BCUT2D eigenvalue weighted by molar-refractivity contribution is 14.1. The molecule has 0 spiro atoms. The van der Waals surface area contributed by atoms with Gasteiger partial charge in [-0.25, -0.2) is 4.79 Å². The predicted molar refractivity (Wildman–Crippen MR) is 61.0 cm³/mol. The molecule has 0 aliphatic carbocycles. The first-order valence-electron chi connectivity index (χ1n) is 3.81. The first kappa shape index (κ1) is 10.5. The summed E-state index contributed by atoms with van der Waals surface area (Å²) in [6.45, 7) is 0. The van der Waals surface area contributed by atoms with Crippen molar-refractivity contribution in [2.45, 2.75) is 0 Å². The number of ether oxygens (including phenoxy) is 1. The van der Waals surface area contributed by atoms with Crippen LogP contribution < -0.4 is 0 Å². The molecule has 0 saturated heterocycles. The molecule has 0 aromatic heterocycles. The van der Waals surface area contributed by atoms with E-state index in [1.807, 2.05) is 22.6 Å². The van der Waals surface area contributed by atoms with E-state index in [1.165, 1.54) is 0 Å². The normalized spacial score (nSPS) is 9.92. The number of carbonyl (C=O) groups excluding carboxylic acids is 1. The third kappa shape index (κ3) is 2.44. The van der Waals surface area contributed by atoms with Crippen LogP contribution in [-0.4, -0.2) is 27.5 Å². The molecule has 0 aliphatic heterocycles. The van der Waals surface area contributed by atoms with Gasteiger partial charge in [0.1, 0.15) is 5.75 Å². The van der Waals surface area contributed by atoms with Crippen LogP contribution in [0.5, 0.6) is 5.75 Å². The summed E-state index contributed by atoms with van der Waals surface area (Å²) >= 11 is 1.92. The SMILES string of the molecule is O=C(OC[SiH3])c1cccc(O)c1I. The second-order valence-electron chi connectivity index (χ2n) is 2.36. The quantitative estimate of drug-likeness (QED) is 0.491. The third-order valence-corrected chi connectivity index (χ3v) is 2.90. The van der Waals surface area contributed by atoms with Crippen LogP contribution in [0, 0.1) is 3.57 Å². The Kier molecular flexibility index (Phi) is 3.73. The van der Waals surface area contributed by atoms with Crippen molar-refractivity contribution in [3.05, 3.63) is 27.3 Å². The van der Waals surface area contributed by atoms with Gasteiger partial charge in [-0.1, -0.05) is 6.07 Å². The van der Waals surface area contributed by atoms with Crippen molar-refractivity contribution in [2.75, 3.05) is 6.23 Å². The van der Waals surface area contributed by atoms with E-state index in [4.69, 9.17) is 4.74 Å². The Morgan fingerprint density at radius 3 is 2.92 bits per heavy atom. The topological polar surface area (TPSA) is 46.5 Å². The van der Waals surface area contributed by atoms with Gasteiger partial charge in [0, 0.05) is 0 Å². The Bertz CT molecular complexity index is 327. The fraction of sp³-hybridized carbons (Fsp3) is 0.125. The Hall–Kier alpha value is -0.563. The van der Waals surface area contributed by atoms with Crippen LogP contribution in [0.1, 0.15) is 10.4 Å². The Morgan fingerprint density at radius 1 is 1.62 bits per heavy atom. The van der Waals surface area contributed by atoms with E-state index >= 15 is 0 Å². The van der Waals surface area contributed by atoms with Crippen LogP contribution in [-0.2, 0) is 4.74 Å². The molecule has 0 atom stereocenters. The van der Waals surface area contributed by atoms with E-state index in [9.17, 15) is 9.90 Å². The lowest BCUT2D eigenvalue weighted by atomic mass is 10.2. The minimum atomic E-state index is -0.365. The molecular weight excluding hydrogens is 299 g/mol. The van der Waals surface area contributed by atoms with Gasteiger partial charge in [-0.2, -0.15) is 0 Å². The maximum Gasteiger partial charge on any atom is 0.338 e. The smallest absolute Gasteiger partial charge is 0.338 e. The van der Waals surface area contributed by atoms with Gasteiger partial charge in [0.25, 0.3) is 0 Å². The van der Waals surface area contributed by atoms with Crippen LogP contribution >= 0.6 is 22.6 Å². The summed E-state index contributed by atoms with van der Waals surface area (Å²) in [5.74, 6) is -0.251. The van der Waals surface area contributed by atoms with Crippen LogP contribution in [0.4, 0.5) is 0 Å². The number of phenols is 1. The zero-order valence-electron chi connectivity index (χ0n) is 7.08. The highest BCUT2D eigenvalue weighted by atomic mass is 127. The maximum absolute atomic E-state index is 11.3. The summed E-state index contributed by atoms with van der Waals surface area (Å²) in [4.78, 5) is 11.3. The van der Waals surface area contributed by atoms with E-state index in [0.717, 1.165) is 10.2 Å². The summed E-state index contributed by atoms with van der Waals surface area (Å²) in [5.41, 5.74) is 0.427. The molecule has 0 heterocycles. The molecule has 0 aliphatic rings. The van der Waals surface area contributed by atoms with Gasteiger partial charge in [0.2, 0.25) is 0 Å². The molecule has 70 valence electrons. The van der Waals surface area contributed by atoms with Crippen LogP contribution in [0.3, 0.4) is 0 Å². The average molecular weight is 308 g/mol. The van der Waals surface area contributed by atoms with Gasteiger partial charge in [-0.3, -0.25) is 0 Å². The number of carbonyl (C=O) groups is 1. The number of hydrogen-bond acceptors (Lipinski definition) is 3. The molecule has 0 amide bonds. The molecule has 1 rings (SSSR count). The molecule has 1 aromatic carbocycles. The standard InChI is InChI=1S/C8H9IO3Si/c9-7-5(8(11)12-4-13)2-1-3-6(7)10/h1-3,10H,4H2,13H3. The number of halogens is 1. The molecule has 0 unspecified atom stereocenters. The Morgan fingerprint density at radius 2 is 2.31 bits per heavy atom. The first-order chi connectivity index (χ1) is 6.16. The monoisotopic (exact) mass is 308 g/mol. The first-order valence-corrected chi connectivity index (χ1v) is 6.30. The lowest BCUT2D eigenvalue weighted by molar-refractivity contribution is 0.0572. The fourth-order valence-electron chi connectivity index (χ4n) is 0.886. The van der Waals surface area contributed by atoms with E-state index in [-0.39, 0.29) is 11.7 Å². The largest absolute Gasteiger partial charge is 0.507 e. The van der Waals surface area contributed by atoms with Gasteiger partial charge in [0.15, 0.2) is 0 Å². The summed E-state index contributed by atoms with van der Waals surface area (Å²) in [7, 11) is 0.826.